The molecule has 0 aliphatic heterocycles. The summed E-state index contributed by atoms with van der Waals surface area (Å²) >= 11 is 5.77. The molecule has 0 unspecified atom stereocenters. The predicted molar refractivity (Wildman–Crippen MR) is 77.5 cm³/mol. The number of carbonyl (C=O) groups is 1. The summed E-state index contributed by atoms with van der Waals surface area (Å²) in [5, 5.41) is 14.2. The van der Waals surface area contributed by atoms with Gasteiger partial charge in [0.25, 0.3) is 5.69 Å². The first-order valence-corrected chi connectivity index (χ1v) is 6.17. The van der Waals surface area contributed by atoms with E-state index in [9.17, 15) is 14.9 Å². The topological polar surface area (TPSA) is 72.2 Å². The van der Waals surface area contributed by atoms with Gasteiger partial charge >= 0.3 is 0 Å². The van der Waals surface area contributed by atoms with Crippen LogP contribution in [0.3, 0.4) is 0 Å². The van der Waals surface area contributed by atoms with Gasteiger partial charge in [-0.3, -0.25) is 14.9 Å². The van der Waals surface area contributed by atoms with E-state index in [2.05, 4.69) is 5.32 Å². The van der Waals surface area contributed by atoms with E-state index in [1.807, 2.05) is 0 Å². The monoisotopic (exact) mass is 290 g/mol. The third-order valence-corrected chi connectivity index (χ3v) is 3.09. The highest BCUT2D eigenvalue weighted by molar-refractivity contribution is 6.30. The van der Waals surface area contributed by atoms with Gasteiger partial charge < -0.3 is 5.32 Å². The van der Waals surface area contributed by atoms with Gasteiger partial charge in [-0.05, 0) is 30.3 Å². The van der Waals surface area contributed by atoms with Crippen molar-refractivity contribution in [3.8, 4) is 0 Å². The Kier molecular flexibility index (Phi) is 4.00. The fraction of sp³-hybridized carbons (Fsp3) is 0.0714. The Morgan fingerprint density at radius 1 is 1.20 bits per heavy atom. The maximum Gasteiger partial charge on any atom is 0.270 e. The highest BCUT2D eigenvalue weighted by Crippen LogP contribution is 2.25. The number of nitrogens with zero attached hydrogens (tertiary/aromatic N) is 1. The number of nitrogens with one attached hydrogen (secondary N) is 1. The number of nitro benzene ring substituents is 1. The van der Waals surface area contributed by atoms with Crippen LogP contribution in [0.5, 0.6) is 0 Å². The van der Waals surface area contributed by atoms with Gasteiger partial charge in [0.1, 0.15) is 0 Å². The molecular weight excluding hydrogens is 280 g/mol. The molecule has 2 aromatic rings. The lowest BCUT2D eigenvalue weighted by molar-refractivity contribution is -0.384. The van der Waals surface area contributed by atoms with Crippen LogP contribution in [0.4, 0.5) is 11.4 Å². The van der Waals surface area contributed by atoms with Crippen molar-refractivity contribution in [3.63, 3.8) is 0 Å². The number of ketones is 1. The van der Waals surface area contributed by atoms with Crippen LogP contribution in [-0.2, 0) is 0 Å². The summed E-state index contributed by atoms with van der Waals surface area (Å²) in [4.78, 5) is 22.7. The van der Waals surface area contributed by atoms with Crippen molar-refractivity contribution >= 4 is 28.8 Å². The van der Waals surface area contributed by atoms with Gasteiger partial charge in [0.15, 0.2) is 5.78 Å². The molecule has 0 radical (unpaired) electrons. The van der Waals surface area contributed by atoms with Crippen molar-refractivity contribution in [3.05, 3.63) is 68.7 Å². The van der Waals surface area contributed by atoms with E-state index < -0.39 is 4.92 Å². The second-order valence-electron chi connectivity index (χ2n) is 4.07. The zero-order valence-electron chi connectivity index (χ0n) is 10.6. The van der Waals surface area contributed by atoms with Crippen LogP contribution in [0.15, 0.2) is 42.5 Å². The van der Waals surface area contributed by atoms with Crippen molar-refractivity contribution in [1.82, 2.24) is 0 Å². The predicted octanol–water partition coefficient (Wildman–Crippen LogP) is 3.52. The van der Waals surface area contributed by atoms with Crippen LogP contribution in [-0.4, -0.2) is 17.8 Å². The quantitative estimate of drug-likeness (QED) is 0.531. The van der Waals surface area contributed by atoms with Crippen LogP contribution in [0.25, 0.3) is 0 Å². The van der Waals surface area contributed by atoms with E-state index >= 15 is 0 Å². The van der Waals surface area contributed by atoms with Gasteiger partial charge in [-0.2, -0.15) is 0 Å². The number of halogens is 1. The molecule has 0 aromatic heterocycles. The Labute approximate surface area is 120 Å². The van der Waals surface area contributed by atoms with E-state index in [4.69, 9.17) is 11.6 Å². The Balaban J connectivity index is 2.49. The van der Waals surface area contributed by atoms with Crippen molar-refractivity contribution in [2.75, 3.05) is 12.4 Å². The Hall–Kier alpha value is -2.40. The molecule has 0 bridgehead atoms. The Bertz CT molecular complexity index is 669. The lowest BCUT2D eigenvalue weighted by Crippen LogP contribution is -2.06. The molecule has 20 heavy (non-hydrogen) atoms. The van der Waals surface area contributed by atoms with Crippen LogP contribution in [0.2, 0.25) is 5.02 Å². The summed E-state index contributed by atoms with van der Waals surface area (Å²) in [5.74, 6) is -0.297. The molecule has 102 valence electrons. The number of hydrogen-bond acceptors (Lipinski definition) is 4. The van der Waals surface area contributed by atoms with Gasteiger partial charge in [0.2, 0.25) is 0 Å². The van der Waals surface area contributed by atoms with E-state index in [0.29, 0.717) is 16.3 Å². The lowest BCUT2D eigenvalue weighted by atomic mass is 10.0. The van der Waals surface area contributed by atoms with Crippen LogP contribution in [0.1, 0.15) is 15.9 Å². The third kappa shape index (κ3) is 2.78. The van der Waals surface area contributed by atoms with Crippen molar-refractivity contribution < 1.29 is 9.72 Å². The van der Waals surface area contributed by atoms with E-state index in [1.165, 1.54) is 18.2 Å². The molecule has 0 spiro atoms. The van der Waals surface area contributed by atoms with E-state index in [-0.39, 0.29) is 17.0 Å². The minimum Gasteiger partial charge on any atom is -0.388 e. The minimum absolute atomic E-state index is 0.124. The maximum absolute atomic E-state index is 12.4. The molecule has 0 amide bonds. The summed E-state index contributed by atoms with van der Waals surface area (Å²) in [6, 6.07) is 10.5. The van der Waals surface area contributed by atoms with Crippen LogP contribution >= 0.6 is 11.6 Å². The summed E-state index contributed by atoms with van der Waals surface area (Å²) < 4.78 is 0. The first-order valence-electron chi connectivity index (χ1n) is 5.79. The molecule has 0 fully saturated rings. The molecule has 0 saturated carbocycles. The van der Waals surface area contributed by atoms with Crippen molar-refractivity contribution in [2.45, 2.75) is 0 Å². The van der Waals surface area contributed by atoms with Gasteiger partial charge in [0.05, 0.1) is 10.5 Å². The molecule has 0 atom stereocenters. The number of non-ortho nitro benzene ring substituents is 1. The van der Waals surface area contributed by atoms with Gasteiger partial charge in [0, 0.05) is 35.5 Å². The van der Waals surface area contributed by atoms with Crippen molar-refractivity contribution in [2.24, 2.45) is 0 Å². The lowest BCUT2D eigenvalue weighted by Gasteiger charge is -2.08. The molecule has 0 saturated heterocycles. The van der Waals surface area contributed by atoms with Crippen molar-refractivity contribution in [1.29, 1.82) is 0 Å². The normalized spacial score (nSPS) is 10.1. The molecule has 0 aliphatic carbocycles. The molecule has 6 heteroatoms. The largest absolute Gasteiger partial charge is 0.388 e. The standard InChI is InChI=1S/C14H11ClN2O3/c1-16-13-7-6-11(17(19)20)8-12(13)14(18)9-2-4-10(15)5-3-9/h2-8,16H,1H3. The third-order valence-electron chi connectivity index (χ3n) is 2.83. The van der Waals surface area contributed by atoms with E-state index in [1.54, 1.807) is 31.3 Å². The zero-order valence-corrected chi connectivity index (χ0v) is 11.3. The van der Waals surface area contributed by atoms with Crippen LogP contribution in [0, 0.1) is 10.1 Å². The minimum atomic E-state index is -0.530. The molecule has 0 aliphatic rings. The average molecular weight is 291 g/mol. The fourth-order valence-corrected chi connectivity index (χ4v) is 1.93. The average Bonchev–Trinajstić information content (AvgIpc) is 2.46. The maximum atomic E-state index is 12.4. The molecular formula is C14H11ClN2O3. The highest BCUT2D eigenvalue weighted by Gasteiger charge is 2.17. The Morgan fingerprint density at radius 3 is 2.40 bits per heavy atom. The molecule has 2 rings (SSSR count). The number of hydrogen-bond donors (Lipinski definition) is 1. The van der Waals surface area contributed by atoms with Gasteiger partial charge in [-0.25, -0.2) is 0 Å². The zero-order chi connectivity index (χ0) is 14.7. The molecule has 2 aromatic carbocycles. The first-order chi connectivity index (χ1) is 9.52. The summed E-state index contributed by atoms with van der Waals surface area (Å²) in [6.07, 6.45) is 0. The SMILES string of the molecule is CNc1ccc([N+](=O)[O-])cc1C(=O)c1ccc(Cl)cc1. The Morgan fingerprint density at radius 2 is 1.85 bits per heavy atom. The van der Waals surface area contributed by atoms with Crippen LogP contribution < -0.4 is 5.32 Å². The number of anilines is 1. The second-order valence-corrected chi connectivity index (χ2v) is 4.51. The summed E-state index contributed by atoms with van der Waals surface area (Å²) in [7, 11) is 1.65. The molecule has 1 N–H and O–H groups in total. The number of benzene rings is 2. The second kappa shape index (κ2) is 5.71. The number of nitro groups is 1. The summed E-state index contributed by atoms with van der Waals surface area (Å²) in [6.45, 7) is 0. The smallest absolute Gasteiger partial charge is 0.270 e. The number of rotatable bonds is 4. The van der Waals surface area contributed by atoms with Gasteiger partial charge in [-0.1, -0.05) is 11.6 Å². The first kappa shape index (κ1) is 14.0. The summed E-state index contributed by atoms with van der Waals surface area (Å²) in [5.41, 5.74) is 1.09. The van der Waals surface area contributed by atoms with Gasteiger partial charge in [-0.15, -0.1) is 0 Å². The van der Waals surface area contributed by atoms with E-state index in [0.717, 1.165) is 0 Å². The molecule has 5 nitrogen and oxygen atoms in total. The highest BCUT2D eigenvalue weighted by atomic mass is 35.5. The molecule has 0 heterocycles. The fourth-order valence-electron chi connectivity index (χ4n) is 1.81. The number of carbonyl (C=O) groups excluding carboxylic acids is 1.